The summed E-state index contributed by atoms with van der Waals surface area (Å²) in [6, 6.07) is 20.0. The minimum Gasteiger partial charge on any atom is -0.337 e. The maximum atomic E-state index is 13.0. The maximum Gasteiger partial charge on any atom is 0.272 e. The highest BCUT2D eigenvalue weighted by atomic mass is 32.1. The Morgan fingerprint density at radius 1 is 0.963 bits per heavy atom. The molecule has 0 aliphatic carbocycles. The van der Waals surface area contributed by atoms with Crippen LogP contribution in [0.1, 0.15) is 34.3 Å². The van der Waals surface area contributed by atoms with Crippen LogP contribution < -0.4 is 0 Å². The first-order valence-electron chi connectivity index (χ1n) is 9.28. The number of aromatic nitrogens is 2. The molecule has 3 heterocycles. The van der Waals surface area contributed by atoms with Crippen molar-refractivity contribution >= 4 is 38.4 Å². The van der Waals surface area contributed by atoms with E-state index >= 15 is 0 Å². The average molecular weight is 373 g/mol. The molecule has 5 heteroatoms. The molecule has 2 aromatic heterocycles. The van der Waals surface area contributed by atoms with Gasteiger partial charge < -0.3 is 4.90 Å². The number of carbonyl (C=O) groups is 1. The van der Waals surface area contributed by atoms with Crippen molar-refractivity contribution in [1.82, 2.24) is 14.9 Å². The van der Waals surface area contributed by atoms with Gasteiger partial charge in [0.05, 0.1) is 20.7 Å². The molecule has 1 fully saturated rings. The molecular formula is C22H19N3OS. The van der Waals surface area contributed by atoms with Crippen LogP contribution >= 0.6 is 11.3 Å². The van der Waals surface area contributed by atoms with Gasteiger partial charge in [-0.05, 0) is 37.1 Å². The first kappa shape index (κ1) is 16.4. The first-order chi connectivity index (χ1) is 13.3. The summed E-state index contributed by atoms with van der Waals surface area (Å²) in [4.78, 5) is 24.4. The van der Waals surface area contributed by atoms with Gasteiger partial charge in [-0.25, -0.2) is 9.97 Å². The zero-order chi connectivity index (χ0) is 18.2. The van der Waals surface area contributed by atoms with Crippen molar-refractivity contribution in [3.05, 3.63) is 71.4 Å². The van der Waals surface area contributed by atoms with Crippen LogP contribution in [0.25, 0.3) is 21.1 Å². The van der Waals surface area contributed by atoms with Gasteiger partial charge in [0.2, 0.25) is 0 Å². The number of piperidine rings is 1. The molecule has 0 radical (unpaired) electrons. The molecule has 4 nitrogen and oxygen atoms in total. The van der Waals surface area contributed by atoms with Crippen molar-refractivity contribution in [3.63, 3.8) is 0 Å². The van der Waals surface area contributed by atoms with E-state index in [4.69, 9.17) is 4.98 Å². The van der Waals surface area contributed by atoms with Crippen molar-refractivity contribution in [3.8, 4) is 0 Å². The second-order valence-corrected chi connectivity index (χ2v) is 8.06. The minimum atomic E-state index is 0.0200. The number of amides is 1. The monoisotopic (exact) mass is 373 g/mol. The van der Waals surface area contributed by atoms with Gasteiger partial charge in [-0.1, -0.05) is 36.4 Å². The molecule has 1 unspecified atom stereocenters. The number of hydrogen-bond donors (Lipinski definition) is 0. The summed E-state index contributed by atoms with van der Waals surface area (Å²) in [6.07, 6.45) is 2.08. The highest BCUT2D eigenvalue weighted by Gasteiger charge is 2.28. The number of thiazole rings is 1. The molecular weight excluding hydrogens is 354 g/mol. The number of para-hydroxylation sites is 2. The zero-order valence-electron chi connectivity index (χ0n) is 14.8. The van der Waals surface area contributed by atoms with E-state index in [2.05, 4.69) is 17.1 Å². The normalized spacial score (nSPS) is 17.5. The van der Waals surface area contributed by atoms with Gasteiger partial charge in [-0.2, -0.15) is 0 Å². The predicted octanol–water partition coefficient (Wildman–Crippen LogP) is 4.86. The number of benzene rings is 2. The van der Waals surface area contributed by atoms with Gasteiger partial charge in [0.25, 0.3) is 5.91 Å². The molecule has 134 valence electrons. The average Bonchev–Trinajstić information content (AvgIpc) is 3.17. The van der Waals surface area contributed by atoms with Crippen LogP contribution in [0.2, 0.25) is 0 Å². The third-order valence-corrected chi connectivity index (χ3v) is 6.38. The lowest BCUT2D eigenvalue weighted by atomic mass is 9.98. The van der Waals surface area contributed by atoms with Crippen molar-refractivity contribution in [2.45, 2.75) is 18.8 Å². The fourth-order valence-electron chi connectivity index (χ4n) is 3.77. The van der Waals surface area contributed by atoms with Gasteiger partial charge in [0.15, 0.2) is 0 Å². The SMILES string of the molecule is O=C(c1ccc2ccccc2n1)N1CCCC(c2nc3ccccc3s2)C1. The lowest BCUT2D eigenvalue weighted by Gasteiger charge is -2.31. The van der Waals surface area contributed by atoms with Crippen LogP contribution in [0, 0.1) is 0 Å². The molecule has 0 spiro atoms. The van der Waals surface area contributed by atoms with Gasteiger partial charge in [0, 0.05) is 24.4 Å². The number of pyridine rings is 1. The largest absolute Gasteiger partial charge is 0.337 e. The fraction of sp³-hybridized carbons (Fsp3) is 0.227. The first-order valence-corrected chi connectivity index (χ1v) is 10.1. The highest BCUT2D eigenvalue weighted by Crippen LogP contribution is 2.33. The molecule has 1 atom stereocenters. The molecule has 27 heavy (non-hydrogen) atoms. The molecule has 1 aliphatic heterocycles. The Hall–Kier alpha value is -2.79. The van der Waals surface area contributed by atoms with Crippen LogP contribution in [0.15, 0.2) is 60.7 Å². The van der Waals surface area contributed by atoms with E-state index in [-0.39, 0.29) is 5.91 Å². The fourth-order valence-corrected chi connectivity index (χ4v) is 4.87. The van der Waals surface area contributed by atoms with Crippen molar-refractivity contribution < 1.29 is 4.79 Å². The van der Waals surface area contributed by atoms with E-state index in [1.807, 2.05) is 53.4 Å². The standard InChI is InChI=1S/C22H19N3OS/c26-22(19-12-11-15-6-1-2-8-17(15)23-19)25-13-5-7-16(14-25)21-24-18-9-3-4-10-20(18)27-21/h1-4,6,8-12,16H,5,7,13-14H2. The molecule has 1 aliphatic rings. The maximum absolute atomic E-state index is 13.0. The number of hydrogen-bond acceptors (Lipinski definition) is 4. The Morgan fingerprint density at radius 2 is 1.78 bits per heavy atom. The molecule has 0 N–H and O–H groups in total. The van der Waals surface area contributed by atoms with Crippen LogP contribution in [0.3, 0.4) is 0 Å². The Morgan fingerprint density at radius 3 is 2.67 bits per heavy atom. The topological polar surface area (TPSA) is 46.1 Å². The van der Waals surface area contributed by atoms with E-state index in [1.165, 1.54) is 4.70 Å². The number of likely N-dealkylation sites (tertiary alicyclic amines) is 1. The quantitative estimate of drug-likeness (QED) is 0.504. The van der Waals surface area contributed by atoms with Gasteiger partial charge in [-0.3, -0.25) is 4.79 Å². The minimum absolute atomic E-state index is 0.0200. The summed E-state index contributed by atoms with van der Waals surface area (Å²) in [5.74, 6) is 0.326. The summed E-state index contributed by atoms with van der Waals surface area (Å²) >= 11 is 1.75. The third-order valence-electron chi connectivity index (χ3n) is 5.19. The van der Waals surface area contributed by atoms with Crippen LogP contribution in [-0.4, -0.2) is 33.9 Å². The van der Waals surface area contributed by atoms with Crippen LogP contribution in [0.4, 0.5) is 0 Å². The van der Waals surface area contributed by atoms with Gasteiger partial charge >= 0.3 is 0 Å². The smallest absolute Gasteiger partial charge is 0.272 e. The van der Waals surface area contributed by atoms with Gasteiger partial charge in [0.1, 0.15) is 5.69 Å². The lowest BCUT2D eigenvalue weighted by molar-refractivity contribution is 0.0701. The Balaban J connectivity index is 1.40. The van der Waals surface area contributed by atoms with Crippen LogP contribution in [-0.2, 0) is 0 Å². The molecule has 0 saturated carbocycles. The zero-order valence-corrected chi connectivity index (χ0v) is 15.7. The van der Waals surface area contributed by atoms with Crippen molar-refractivity contribution in [2.24, 2.45) is 0 Å². The summed E-state index contributed by atoms with van der Waals surface area (Å²) < 4.78 is 1.21. The Labute approximate surface area is 161 Å². The van der Waals surface area contributed by atoms with E-state index in [9.17, 15) is 4.79 Å². The van der Waals surface area contributed by atoms with Gasteiger partial charge in [-0.15, -0.1) is 11.3 Å². The lowest BCUT2D eigenvalue weighted by Crippen LogP contribution is -2.39. The summed E-state index contributed by atoms with van der Waals surface area (Å²) in [5.41, 5.74) is 2.44. The van der Waals surface area contributed by atoms with E-state index < -0.39 is 0 Å². The van der Waals surface area contributed by atoms with E-state index in [1.54, 1.807) is 11.3 Å². The predicted molar refractivity (Wildman–Crippen MR) is 109 cm³/mol. The molecule has 2 aromatic carbocycles. The Kier molecular flexibility index (Phi) is 4.09. The second-order valence-electron chi connectivity index (χ2n) is 7.00. The molecule has 1 saturated heterocycles. The van der Waals surface area contributed by atoms with Crippen LogP contribution in [0.5, 0.6) is 0 Å². The second kappa shape index (κ2) is 6.74. The summed E-state index contributed by atoms with van der Waals surface area (Å²) in [5, 5.41) is 2.19. The number of carbonyl (C=O) groups excluding carboxylic acids is 1. The molecule has 4 aromatic rings. The van der Waals surface area contributed by atoms with E-state index in [0.717, 1.165) is 40.8 Å². The Bertz CT molecular complexity index is 1100. The van der Waals surface area contributed by atoms with E-state index in [0.29, 0.717) is 18.2 Å². The number of rotatable bonds is 2. The highest BCUT2D eigenvalue weighted by molar-refractivity contribution is 7.18. The molecule has 1 amide bonds. The van der Waals surface area contributed by atoms with Crippen molar-refractivity contribution in [2.75, 3.05) is 13.1 Å². The third kappa shape index (κ3) is 3.08. The molecule has 5 rings (SSSR count). The molecule has 0 bridgehead atoms. The van der Waals surface area contributed by atoms with Crippen molar-refractivity contribution in [1.29, 1.82) is 0 Å². The number of fused-ring (bicyclic) bond motifs is 2. The summed E-state index contributed by atoms with van der Waals surface area (Å²) in [7, 11) is 0. The summed E-state index contributed by atoms with van der Waals surface area (Å²) in [6.45, 7) is 1.50. The number of nitrogens with zero attached hydrogens (tertiary/aromatic N) is 3.